The average Bonchev–Trinajstić information content (AvgIpc) is 2.68. The van der Waals surface area contributed by atoms with Gasteiger partial charge in [-0.05, 0) is 35.0 Å². The van der Waals surface area contributed by atoms with Gasteiger partial charge in [0, 0.05) is 18.3 Å². The highest BCUT2D eigenvalue weighted by atomic mass is 79.9. The van der Waals surface area contributed by atoms with Gasteiger partial charge in [-0.1, -0.05) is 0 Å². The number of hydrogen-bond acceptors (Lipinski definition) is 4. The third-order valence-corrected chi connectivity index (χ3v) is 3.76. The Morgan fingerprint density at radius 2 is 2.40 bits per heavy atom. The molecule has 1 aromatic heterocycles. The summed E-state index contributed by atoms with van der Waals surface area (Å²) in [6, 6.07) is 0.635. The standard InChI is InChI=1S/C10H14BrN3S/c1-15-7-8-3-2-4-14(8)10-6-12-9(11)5-13-10/h5-6,8H,2-4,7H2,1H3. The summed E-state index contributed by atoms with van der Waals surface area (Å²) in [4.78, 5) is 11.0. The molecule has 5 heteroatoms. The summed E-state index contributed by atoms with van der Waals surface area (Å²) in [6.45, 7) is 1.11. The normalized spacial score (nSPS) is 20.9. The van der Waals surface area contributed by atoms with E-state index in [4.69, 9.17) is 0 Å². The minimum atomic E-state index is 0.635. The summed E-state index contributed by atoms with van der Waals surface area (Å²) in [5.74, 6) is 2.19. The van der Waals surface area contributed by atoms with Gasteiger partial charge in [0.25, 0.3) is 0 Å². The molecular formula is C10H14BrN3S. The Kier molecular flexibility index (Phi) is 3.86. The molecule has 1 unspecified atom stereocenters. The molecule has 1 aliphatic heterocycles. The second-order valence-corrected chi connectivity index (χ2v) is 5.37. The van der Waals surface area contributed by atoms with Crippen molar-refractivity contribution in [2.75, 3.05) is 23.5 Å². The first-order chi connectivity index (χ1) is 7.31. The topological polar surface area (TPSA) is 29.0 Å². The molecule has 1 atom stereocenters. The van der Waals surface area contributed by atoms with Crippen LogP contribution in [0.1, 0.15) is 12.8 Å². The molecule has 0 spiro atoms. The summed E-state index contributed by atoms with van der Waals surface area (Å²) in [5.41, 5.74) is 0. The van der Waals surface area contributed by atoms with Gasteiger partial charge in [0.05, 0.1) is 12.4 Å². The molecule has 0 saturated carbocycles. The van der Waals surface area contributed by atoms with Crippen LogP contribution in [0.4, 0.5) is 5.82 Å². The largest absolute Gasteiger partial charge is 0.352 e. The van der Waals surface area contributed by atoms with Gasteiger partial charge in [-0.3, -0.25) is 0 Å². The smallest absolute Gasteiger partial charge is 0.147 e. The monoisotopic (exact) mass is 287 g/mol. The Hall–Kier alpha value is -0.290. The Morgan fingerprint density at radius 3 is 3.07 bits per heavy atom. The first-order valence-electron chi connectivity index (χ1n) is 5.04. The molecular weight excluding hydrogens is 274 g/mol. The first-order valence-corrected chi connectivity index (χ1v) is 7.23. The molecule has 0 N–H and O–H groups in total. The lowest BCUT2D eigenvalue weighted by atomic mass is 10.2. The van der Waals surface area contributed by atoms with Crippen LogP contribution in [0.3, 0.4) is 0 Å². The number of hydrogen-bond donors (Lipinski definition) is 0. The number of aromatic nitrogens is 2. The maximum Gasteiger partial charge on any atom is 0.147 e. The molecule has 1 fully saturated rings. The van der Waals surface area contributed by atoms with Crippen molar-refractivity contribution < 1.29 is 0 Å². The summed E-state index contributed by atoms with van der Waals surface area (Å²) < 4.78 is 0.798. The van der Waals surface area contributed by atoms with Crippen molar-refractivity contribution in [3.05, 3.63) is 17.0 Å². The van der Waals surface area contributed by atoms with E-state index >= 15 is 0 Å². The van der Waals surface area contributed by atoms with Crippen molar-refractivity contribution in [1.82, 2.24) is 9.97 Å². The highest BCUT2D eigenvalue weighted by molar-refractivity contribution is 9.10. The number of rotatable bonds is 3. The summed E-state index contributed by atoms with van der Waals surface area (Å²) in [5, 5.41) is 0. The van der Waals surface area contributed by atoms with E-state index in [1.165, 1.54) is 18.6 Å². The van der Waals surface area contributed by atoms with Crippen molar-refractivity contribution in [1.29, 1.82) is 0 Å². The van der Waals surface area contributed by atoms with Crippen LogP contribution in [0.2, 0.25) is 0 Å². The number of anilines is 1. The van der Waals surface area contributed by atoms with Crippen LogP contribution in [0.15, 0.2) is 17.0 Å². The zero-order chi connectivity index (χ0) is 10.7. The lowest BCUT2D eigenvalue weighted by Gasteiger charge is -2.24. The zero-order valence-corrected chi connectivity index (χ0v) is 11.1. The van der Waals surface area contributed by atoms with Gasteiger partial charge in [-0.2, -0.15) is 11.8 Å². The quantitative estimate of drug-likeness (QED) is 0.855. The molecule has 2 heterocycles. The molecule has 0 radical (unpaired) electrons. The van der Waals surface area contributed by atoms with Crippen molar-refractivity contribution in [3.63, 3.8) is 0 Å². The summed E-state index contributed by atoms with van der Waals surface area (Å²) in [6.07, 6.45) is 8.32. The fraction of sp³-hybridized carbons (Fsp3) is 0.600. The fourth-order valence-electron chi connectivity index (χ4n) is 1.96. The van der Waals surface area contributed by atoms with E-state index in [0.717, 1.165) is 17.0 Å². The van der Waals surface area contributed by atoms with Crippen LogP contribution in [-0.2, 0) is 0 Å². The lowest BCUT2D eigenvalue weighted by Crippen LogP contribution is -2.31. The highest BCUT2D eigenvalue weighted by Crippen LogP contribution is 2.25. The number of thioether (sulfide) groups is 1. The molecule has 0 aliphatic carbocycles. The predicted octanol–water partition coefficient (Wildman–Crippen LogP) is 2.57. The average molecular weight is 288 g/mol. The van der Waals surface area contributed by atoms with E-state index in [-0.39, 0.29) is 0 Å². The van der Waals surface area contributed by atoms with Crippen LogP contribution < -0.4 is 4.90 Å². The minimum Gasteiger partial charge on any atom is -0.352 e. The summed E-state index contributed by atoms with van der Waals surface area (Å²) in [7, 11) is 0. The van der Waals surface area contributed by atoms with Crippen LogP contribution >= 0.6 is 27.7 Å². The van der Waals surface area contributed by atoms with E-state index in [1.54, 1.807) is 6.20 Å². The Morgan fingerprint density at radius 1 is 1.53 bits per heavy atom. The van der Waals surface area contributed by atoms with Crippen LogP contribution in [0.25, 0.3) is 0 Å². The van der Waals surface area contributed by atoms with Crippen molar-refractivity contribution in [2.45, 2.75) is 18.9 Å². The van der Waals surface area contributed by atoms with Crippen molar-refractivity contribution >= 4 is 33.5 Å². The first kappa shape index (κ1) is 11.2. The van der Waals surface area contributed by atoms with E-state index in [2.05, 4.69) is 37.1 Å². The maximum absolute atomic E-state index is 4.40. The molecule has 0 aromatic carbocycles. The van der Waals surface area contributed by atoms with Gasteiger partial charge in [0.2, 0.25) is 0 Å². The zero-order valence-electron chi connectivity index (χ0n) is 8.69. The molecule has 0 bridgehead atoms. The maximum atomic E-state index is 4.40. The lowest BCUT2D eigenvalue weighted by molar-refractivity contribution is 0.735. The van der Waals surface area contributed by atoms with E-state index in [1.807, 2.05) is 18.0 Å². The molecule has 0 amide bonds. The minimum absolute atomic E-state index is 0.635. The Balaban J connectivity index is 2.11. The third kappa shape index (κ3) is 2.64. The van der Waals surface area contributed by atoms with Gasteiger partial charge >= 0.3 is 0 Å². The van der Waals surface area contributed by atoms with E-state index < -0.39 is 0 Å². The van der Waals surface area contributed by atoms with Gasteiger partial charge in [0.15, 0.2) is 0 Å². The summed E-state index contributed by atoms with van der Waals surface area (Å²) >= 11 is 5.20. The number of nitrogens with zero attached hydrogens (tertiary/aromatic N) is 3. The van der Waals surface area contributed by atoms with Gasteiger partial charge in [-0.25, -0.2) is 9.97 Å². The molecule has 3 nitrogen and oxygen atoms in total. The van der Waals surface area contributed by atoms with Crippen molar-refractivity contribution in [2.24, 2.45) is 0 Å². The highest BCUT2D eigenvalue weighted by Gasteiger charge is 2.25. The fourth-order valence-corrected chi connectivity index (χ4v) is 2.89. The molecule has 2 rings (SSSR count). The van der Waals surface area contributed by atoms with Gasteiger partial charge < -0.3 is 4.90 Å². The van der Waals surface area contributed by atoms with Crippen LogP contribution in [0, 0.1) is 0 Å². The third-order valence-electron chi connectivity index (χ3n) is 2.64. The molecule has 1 aliphatic rings. The van der Waals surface area contributed by atoms with Gasteiger partial charge in [0.1, 0.15) is 10.4 Å². The van der Waals surface area contributed by atoms with E-state index in [0.29, 0.717) is 6.04 Å². The molecule has 82 valence electrons. The predicted molar refractivity (Wildman–Crippen MR) is 68.5 cm³/mol. The van der Waals surface area contributed by atoms with Gasteiger partial charge in [-0.15, -0.1) is 0 Å². The van der Waals surface area contributed by atoms with E-state index in [9.17, 15) is 0 Å². The molecule has 15 heavy (non-hydrogen) atoms. The Bertz CT molecular complexity index is 317. The van der Waals surface area contributed by atoms with Crippen LogP contribution in [0.5, 0.6) is 0 Å². The molecule has 1 aromatic rings. The molecule has 1 saturated heterocycles. The second kappa shape index (κ2) is 5.16. The number of halogens is 1. The Labute approximate surface area is 103 Å². The second-order valence-electron chi connectivity index (χ2n) is 3.64. The van der Waals surface area contributed by atoms with Crippen molar-refractivity contribution in [3.8, 4) is 0 Å². The SMILES string of the molecule is CSCC1CCCN1c1cnc(Br)cn1. The van der Waals surface area contributed by atoms with Crippen LogP contribution in [-0.4, -0.2) is 34.6 Å².